The van der Waals surface area contributed by atoms with Crippen molar-refractivity contribution in [3.8, 4) is 17.1 Å². The highest BCUT2D eigenvalue weighted by Crippen LogP contribution is 2.20. The SMILES string of the molecule is CCCCOc1ccc(-c2nc3s/c(=C\c4cccc(Br)c4)c(=O)n3n2)cc1. The molecule has 28 heavy (non-hydrogen) atoms. The van der Waals surface area contributed by atoms with Gasteiger partial charge in [-0.15, -0.1) is 5.10 Å². The van der Waals surface area contributed by atoms with Crippen LogP contribution in [0.1, 0.15) is 25.3 Å². The lowest BCUT2D eigenvalue weighted by Crippen LogP contribution is -2.23. The van der Waals surface area contributed by atoms with Crippen molar-refractivity contribution >= 4 is 38.3 Å². The fraction of sp³-hybridized carbons (Fsp3) is 0.190. The average molecular weight is 456 g/mol. The Labute approximate surface area is 174 Å². The first-order valence-corrected chi connectivity index (χ1v) is 10.6. The van der Waals surface area contributed by atoms with Crippen molar-refractivity contribution in [2.75, 3.05) is 6.61 Å². The van der Waals surface area contributed by atoms with E-state index in [9.17, 15) is 4.79 Å². The van der Waals surface area contributed by atoms with Gasteiger partial charge in [-0.2, -0.15) is 9.50 Å². The molecule has 0 fully saturated rings. The second-order valence-corrected chi connectivity index (χ2v) is 8.25. The highest BCUT2D eigenvalue weighted by atomic mass is 79.9. The van der Waals surface area contributed by atoms with Crippen molar-refractivity contribution in [3.63, 3.8) is 0 Å². The van der Waals surface area contributed by atoms with E-state index in [4.69, 9.17) is 4.74 Å². The van der Waals surface area contributed by atoms with E-state index in [1.54, 1.807) is 0 Å². The number of fused-ring (bicyclic) bond motifs is 1. The summed E-state index contributed by atoms with van der Waals surface area (Å²) in [6.07, 6.45) is 3.99. The molecule has 0 bridgehead atoms. The van der Waals surface area contributed by atoms with Crippen molar-refractivity contribution < 1.29 is 4.74 Å². The maximum absolute atomic E-state index is 12.7. The van der Waals surface area contributed by atoms with Gasteiger partial charge in [-0.1, -0.05) is 52.7 Å². The lowest BCUT2D eigenvalue weighted by Gasteiger charge is -2.05. The van der Waals surface area contributed by atoms with Crippen molar-refractivity contribution in [3.05, 3.63) is 73.5 Å². The quantitative estimate of drug-likeness (QED) is 0.406. The molecular weight excluding hydrogens is 438 g/mol. The molecule has 0 N–H and O–H groups in total. The standard InChI is InChI=1S/C21H18BrN3O2S/c1-2-3-11-27-17-9-7-15(8-10-17)19-23-21-25(24-19)20(26)18(28-21)13-14-5-4-6-16(22)12-14/h4-10,12-13H,2-3,11H2,1H3/b18-13-. The second-order valence-electron chi connectivity index (χ2n) is 6.33. The van der Waals surface area contributed by atoms with Gasteiger partial charge in [0.2, 0.25) is 4.96 Å². The van der Waals surface area contributed by atoms with Crippen LogP contribution < -0.4 is 14.8 Å². The van der Waals surface area contributed by atoms with Gasteiger partial charge in [0.1, 0.15) is 5.75 Å². The van der Waals surface area contributed by atoms with Gasteiger partial charge in [0.25, 0.3) is 5.56 Å². The van der Waals surface area contributed by atoms with Gasteiger partial charge < -0.3 is 4.74 Å². The van der Waals surface area contributed by atoms with Gasteiger partial charge >= 0.3 is 0 Å². The number of aromatic nitrogens is 3. The van der Waals surface area contributed by atoms with Crippen molar-refractivity contribution in [2.24, 2.45) is 0 Å². The molecule has 0 aliphatic rings. The maximum Gasteiger partial charge on any atom is 0.291 e. The Kier molecular flexibility index (Phi) is 5.54. The summed E-state index contributed by atoms with van der Waals surface area (Å²) in [5.74, 6) is 1.37. The molecule has 0 aliphatic carbocycles. The molecule has 2 heterocycles. The fourth-order valence-corrected chi connectivity index (χ4v) is 4.06. The van der Waals surface area contributed by atoms with E-state index in [0.717, 1.165) is 34.2 Å². The van der Waals surface area contributed by atoms with E-state index in [1.807, 2.05) is 54.6 Å². The number of hydrogen-bond acceptors (Lipinski definition) is 5. The van der Waals surface area contributed by atoms with Gasteiger partial charge in [-0.3, -0.25) is 4.79 Å². The highest BCUT2D eigenvalue weighted by Gasteiger charge is 2.12. The maximum atomic E-state index is 12.7. The topological polar surface area (TPSA) is 56.5 Å². The predicted octanol–water partition coefficient (Wildman–Crippen LogP) is 4.31. The summed E-state index contributed by atoms with van der Waals surface area (Å²) < 4.78 is 8.63. The van der Waals surface area contributed by atoms with Crippen molar-refractivity contribution in [2.45, 2.75) is 19.8 Å². The first-order valence-electron chi connectivity index (χ1n) is 9.04. The molecule has 0 spiro atoms. The van der Waals surface area contributed by atoms with Crippen molar-refractivity contribution in [1.29, 1.82) is 0 Å². The molecular formula is C21H18BrN3O2S. The van der Waals surface area contributed by atoms with E-state index in [1.165, 1.54) is 15.9 Å². The molecule has 0 unspecified atom stereocenters. The Bertz CT molecular complexity index is 1210. The van der Waals surface area contributed by atoms with Crippen LogP contribution in [-0.4, -0.2) is 21.2 Å². The number of unbranched alkanes of at least 4 members (excludes halogenated alkanes) is 1. The second kappa shape index (κ2) is 8.24. The number of halogens is 1. The molecule has 0 saturated carbocycles. The van der Waals surface area contributed by atoms with Crippen LogP contribution in [0.3, 0.4) is 0 Å². The number of rotatable bonds is 6. The third-order valence-corrected chi connectivity index (χ3v) is 5.66. The zero-order valence-corrected chi connectivity index (χ0v) is 17.7. The smallest absolute Gasteiger partial charge is 0.291 e. The Morgan fingerprint density at radius 2 is 2.04 bits per heavy atom. The third kappa shape index (κ3) is 4.00. The van der Waals surface area contributed by atoms with Gasteiger partial charge in [0, 0.05) is 10.0 Å². The summed E-state index contributed by atoms with van der Waals surface area (Å²) in [7, 11) is 0. The minimum atomic E-state index is -0.154. The van der Waals surface area contributed by atoms with Crippen LogP contribution in [0.2, 0.25) is 0 Å². The highest BCUT2D eigenvalue weighted by molar-refractivity contribution is 9.10. The molecule has 4 aromatic rings. The van der Waals surface area contributed by atoms with Crippen molar-refractivity contribution in [1.82, 2.24) is 14.6 Å². The van der Waals surface area contributed by atoms with E-state index < -0.39 is 0 Å². The minimum Gasteiger partial charge on any atom is -0.494 e. The lowest BCUT2D eigenvalue weighted by atomic mass is 10.2. The molecule has 0 radical (unpaired) electrons. The summed E-state index contributed by atoms with van der Waals surface area (Å²) in [5, 5.41) is 4.40. The lowest BCUT2D eigenvalue weighted by molar-refractivity contribution is 0.309. The molecule has 2 aromatic carbocycles. The van der Waals surface area contributed by atoms with Crippen LogP contribution in [0.15, 0.2) is 57.8 Å². The molecule has 142 valence electrons. The van der Waals surface area contributed by atoms with Crippen LogP contribution in [-0.2, 0) is 0 Å². The Morgan fingerprint density at radius 1 is 1.21 bits per heavy atom. The van der Waals surface area contributed by atoms with E-state index in [0.29, 0.717) is 21.9 Å². The van der Waals surface area contributed by atoms with Gasteiger partial charge in [0.05, 0.1) is 11.1 Å². The van der Waals surface area contributed by atoms with Crippen LogP contribution in [0.4, 0.5) is 0 Å². The zero-order chi connectivity index (χ0) is 19.5. The number of hydrogen-bond donors (Lipinski definition) is 0. The van der Waals surface area contributed by atoms with Crippen LogP contribution in [0.25, 0.3) is 22.4 Å². The third-order valence-electron chi connectivity index (χ3n) is 4.21. The van der Waals surface area contributed by atoms with E-state index in [-0.39, 0.29) is 5.56 Å². The number of nitrogens with zero attached hydrogens (tertiary/aromatic N) is 3. The zero-order valence-electron chi connectivity index (χ0n) is 15.3. The molecule has 0 amide bonds. The predicted molar refractivity (Wildman–Crippen MR) is 116 cm³/mol. The molecule has 0 atom stereocenters. The molecule has 4 rings (SSSR count). The molecule has 7 heteroatoms. The summed E-state index contributed by atoms with van der Waals surface area (Å²) in [6, 6.07) is 15.4. The largest absolute Gasteiger partial charge is 0.494 e. The summed E-state index contributed by atoms with van der Waals surface area (Å²) in [5.41, 5.74) is 1.66. The monoisotopic (exact) mass is 455 g/mol. The average Bonchev–Trinajstić information content (AvgIpc) is 3.23. The minimum absolute atomic E-state index is 0.154. The van der Waals surface area contributed by atoms with Crippen LogP contribution in [0, 0.1) is 0 Å². The Morgan fingerprint density at radius 3 is 2.75 bits per heavy atom. The fourth-order valence-electron chi connectivity index (χ4n) is 2.74. The van der Waals surface area contributed by atoms with Crippen LogP contribution in [0.5, 0.6) is 5.75 Å². The van der Waals surface area contributed by atoms with E-state index in [2.05, 4.69) is 32.9 Å². The molecule has 0 aliphatic heterocycles. The first-order chi connectivity index (χ1) is 13.6. The molecule has 2 aromatic heterocycles. The number of ether oxygens (including phenoxy) is 1. The Balaban J connectivity index is 1.62. The molecule has 0 saturated heterocycles. The number of benzene rings is 2. The summed E-state index contributed by atoms with van der Waals surface area (Å²) in [4.78, 5) is 17.8. The van der Waals surface area contributed by atoms with E-state index >= 15 is 0 Å². The van der Waals surface area contributed by atoms with Gasteiger partial charge in [-0.25, -0.2) is 0 Å². The number of thiazole rings is 1. The summed E-state index contributed by atoms with van der Waals surface area (Å²) in [6.45, 7) is 2.85. The molecule has 5 nitrogen and oxygen atoms in total. The normalized spacial score (nSPS) is 12.0. The first kappa shape index (κ1) is 18.8. The van der Waals surface area contributed by atoms with Gasteiger partial charge in [-0.05, 0) is 54.5 Å². The van der Waals surface area contributed by atoms with Crippen LogP contribution >= 0.6 is 27.3 Å². The summed E-state index contributed by atoms with van der Waals surface area (Å²) >= 11 is 4.78. The Hall–Kier alpha value is -2.51. The van der Waals surface area contributed by atoms with Gasteiger partial charge in [0.15, 0.2) is 5.82 Å².